The highest BCUT2D eigenvalue weighted by molar-refractivity contribution is 5.71. The van der Waals surface area contributed by atoms with E-state index in [-0.39, 0.29) is 31.1 Å². The largest absolute Gasteiger partial charge is 0.462 e. The normalized spacial score (nSPS) is 12.8. The molecular formula is C71H120O6. The second-order valence-electron chi connectivity index (χ2n) is 21.3. The third-order valence-electron chi connectivity index (χ3n) is 13.7. The van der Waals surface area contributed by atoms with Gasteiger partial charge in [-0.2, -0.15) is 0 Å². The molecule has 77 heavy (non-hydrogen) atoms. The van der Waals surface area contributed by atoms with E-state index in [9.17, 15) is 14.4 Å². The number of rotatable bonds is 58. The number of allylic oxidation sites excluding steroid dienone is 18. The fourth-order valence-corrected chi connectivity index (χ4v) is 8.95. The van der Waals surface area contributed by atoms with Crippen LogP contribution in [0.1, 0.15) is 303 Å². The van der Waals surface area contributed by atoms with Crippen molar-refractivity contribution >= 4 is 17.9 Å². The Balaban J connectivity index is 4.43. The summed E-state index contributed by atoms with van der Waals surface area (Å²) in [6.07, 6.45) is 88.0. The Hall–Kier alpha value is -3.93. The van der Waals surface area contributed by atoms with Crippen molar-refractivity contribution < 1.29 is 28.6 Å². The number of carbonyl (C=O) groups excluding carboxylic acids is 3. The van der Waals surface area contributed by atoms with Gasteiger partial charge in [0.2, 0.25) is 0 Å². The number of ether oxygens (including phenoxy) is 3. The first-order valence-corrected chi connectivity index (χ1v) is 32.4. The van der Waals surface area contributed by atoms with E-state index in [0.29, 0.717) is 19.3 Å². The van der Waals surface area contributed by atoms with Crippen LogP contribution in [-0.4, -0.2) is 37.2 Å². The highest BCUT2D eigenvalue weighted by Crippen LogP contribution is 2.16. The predicted octanol–water partition coefficient (Wildman–Crippen LogP) is 22.2. The summed E-state index contributed by atoms with van der Waals surface area (Å²) in [6.45, 7) is 6.41. The fraction of sp³-hybridized carbons (Fsp3) is 0.704. The Labute approximate surface area is 476 Å². The van der Waals surface area contributed by atoms with Gasteiger partial charge in [-0.3, -0.25) is 14.4 Å². The van der Waals surface area contributed by atoms with Gasteiger partial charge in [0.15, 0.2) is 6.10 Å². The minimum Gasteiger partial charge on any atom is -0.462 e. The molecule has 0 amide bonds. The van der Waals surface area contributed by atoms with Crippen LogP contribution in [-0.2, 0) is 28.6 Å². The van der Waals surface area contributed by atoms with Crippen LogP contribution >= 0.6 is 0 Å². The first-order chi connectivity index (χ1) is 38.0. The second kappa shape index (κ2) is 64.6. The van der Waals surface area contributed by atoms with Gasteiger partial charge in [0, 0.05) is 19.3 Å². The molecular weight excluding hydrogens is 949 g/mol. The van der Waals surface area contributed by atoms with Crippen molar-refractivity contribution in [1.29, 1.82) is 0 Å². The average Bonchev–Trinajstić information content (AvgIpc) is 3.43. The van der Waals surface area contributed by atoms with Gasteiger partial charge in [0.1, 0.15) is 13.2 Å². The zero-order valence-corrected chi connectivity index (χ0v) is 50.4. The van der Waals surface area contributed by atoms with Gasteiger partial charge in [0.25, 0.3) is 0 Å². The van der Waals surface area contributed by atoms with Crippen molar-refractivity contribution in [1.82, 2.24) is 0 Å². The van der Waals surface area contributed by atoms with Crippen LogP contribution in [0.25, 0.3) is 0 Å². The molecule has 6 nitrogen and oxygen atoms in total. The number of carbonyl (C=O) groups is 3. The van der Waals surface area contributed by atoms with Crippen LogP contribution in [0.2, 0.25) is 0 Å². The smallest absolute Gasteiger partial charge is 0.306 e. The van der Waals surface area contributed by atoms with Gasteiger partial charge in [-0.25, -0.2) is 0 Å². The third kappa shape index (κ3) is 62.8. The molecule has 0 bridgehead atoms. The molecule has 0 N–H and O–H groups in total. The van der Waals surface area contributed by atoms with Crippen molar-refractivity contribution in [3.8, 4) is 0 Å². The molecule has 0 radical (unpaired) electrons. The maximum atomic E-state index is 12.9. The van der Waals surface area contributed by atoms with Gasteiger partial charge < -0.3 is 14.2 Å². The van der Waals surface area contributed by atoms with Crippen LogP contribution < -0.4 is 0 Å². The Morgan fingerprint density at radius 1 is 0.273 bits per heavy atom. The summed E-state index contributed by atoms with van der Waals surface area (Å²) in [5.41, 5.74) is 0. The lowest BCUT2D eigenvalue weighted by molar-refractivity contribution is -0.167. The van der Waals surface area contributed by atoms with Gasteiger partial charge in [0.05, 0.1) is 0 Å². The molecule has 0 saturated carbocycles. The van der Waals surface area contributed by atoms with Crippen LogP contribution in [0, 0.1) is 0 Å². The molecule has 0 heterocycles. The first kappa shape index (κ1) is 73.1. The quantitative estimate of drug-likeness (QED) is 0.0261. The van der Waals surface area contributed by atoms with E-state index in [2.05, 4.69) is 130 Å². The van der Waals surface area contributed by atoms with Crippen molar-refractivity contribution in [3.63, 3.8) is 0 Å². The monoisotopic (exact) mass is 1070 g/mol. The average molecular weight is 1070 g/mol. The van der Waals surface area contributed by atoms with Gasteiger partial charge in [-0.15, -0.1) is 0 Å². The van der Waals surface area contributed by atoms with Crippen molar-refractivity contribution in [2.75, 3.05) is 13.2 Å². The van der Waals surface area contributed by atoms with E-state index in [1.54, 1.807) is 0 Å². The van der Waals surface area contributed by atoms with E-state index >= 15 is 0 Å². The van der Waals surface area contributed by atoms with E-state index < -0.39 is 6.10 Å². The van der Waals surface area contributed by atoms with E-state index in [4.69, 9.17) is 14.2 Å². The molecule has 0 aliphatic carbocycles. The molecule has 6 heteroatoms. The topological polar surface area (TPSA) is 78.9 Å². The number of hydrogen-bond donors (Lipinski definition) is 0. The summed E-state index contributed by atoms with van der Waals surface area (Å²) in [4.78, 5) is 38.4. The SMILES string of the molecule is CC/C=C\C/C=C\C/C=C\C/C=C\CCCCCCCCCCC(=O)OCC(COC(=O)CCCCCC/C=C\C/C=C\C/C=C\C/C=C\CC)OC(=O)CCCCCCCCCCC/C=C\CCCCCCCCCC. The molecule has 0 aromatic heterocycles. The molecule has 0 aromatic carbocycles. The minimum absolute atomic E-state index is 0.0916. The molecule has 0 spiro atoms. The molecule has 440 valence electrons. The Kier molecular flexibility index (Phi) is 61.3. The maximum absolute atomic E-state index is 12.9. The van der Waals surface area contributed by atoms with E-state index in [1.165, 1.54) is 135 Å². The summed E-state index contributed by atoms with van der Waals surface area (Å²) < 4.78 is 16.9. The Morgan fingerprint density at radius 2 is 0.506 bits per heavy atom. The van der Waals surface area contributed by atoms with E-state index in [0.717, 1.165) is 128 Å². The summed E-state index contributed by atoms with van der Waals surface area (Å²) in [5, 5.41) is 0. The summed E-state index contributed by atoms with van der Waals surface area (Å²) >= 11 is 0. The molecule has 0 aliphatic rings. The maximum Gasteiger partial charge on any atom is 0.306 e. The molecule has 0 fully saturated rings. The van der Waals surface area contributed by atoms with E-state index in [1.807, 2.05) is 0 Å². The van der Waals surface area contributed by atoms with Gasteiger partial charge in [-0.05, 0) is 122 Å². The Morgan fingerprint density at radius 3 is 0.805 bits per heavy atom. The number of hydrogen-bond acceptors (Lipinski definition) is 6. The molecule has 0 aliphatic heterocycles. The fourth-order valence-electron chi connectivity index (χ4n) is 8.95. The zero-order valence-electron chi connectivity index (χ0n) is 50.4. The molecule has 1 unspecified atom stereocenters. The number of esters is 3. The third-order valence-corrected chi connectivity index (χ3v) is 13.7. The Bertz CT molecular complexity index is 1560. The molecule has 0 aromatic rings. The van der Waals surface area contributed by atoms with Crippen LogP contribution in [0.5, 0.6) is 0 Å². The number of unbranched alkanes of at least 4 members (excludes halogenated alkanes) is 29. The minimum atomic E-state index is -0.797. The van der Waals surface area contributed by atoms with Gasteiger partial charge in [-0.1, -0.05) is 271 Å². The lowest BCUT2D eigenvalue weighted by Gasteiger charge is -2.18. The second-order valence-corrected chi connectivity index (χ2v) is 21.3. The zero-order chi connectivity index (χ0) is 55.7. The summed E-state index contributed by atoms with van der Waals surface area (Å²) in [7, 11) is 0. The summed E-state index contributed by atoms with van der Waals surface area (Å²) in [6, 6.07) is 0. The first-order valence-electron chi connectivity index (χ1n) is 32.4. The van der Waals surface area contributed by atoms with Crippen molar-refractivity contribution in [2.45, 2.75) is 309 Å². The standard InChI is InChI=1S/C71H120O6/c1-4-7-10-13-16-19-22-25-28-31-33-35-37-40-43-46-49-52-55-58-61-64-70(73)76-67-68(66-75-69(72)63-60-57-54-51-48-45-42-39-30-27-24-21-18-15-12-9-6-3)77-71(74)65-62-59-56-53-50-47-44-41-38-36-34-32-29-26-23-20-17-14-11-8-5-2/h7,9-10,12,16,18-19,21,25,27-28,30,32-35,42,45,68H,4-6,8,11,13-15,17,20,22-24,26,29,31,36-41,43-44,46-67H2,1-3H3/b10-7-,12-9-,19-16-,21-18-,28-25-,30-27-,34-32-,35-33-,45-42-. The molecule has 0 rings (SSSR count). The van der Waals surface area contributed by atoms with Crippen LogP contribution in [0.15, 0.2) is 109 Å². The highest BCUT2D eigenvalue weighted by Gasteiger charge is 2.19. The molecule has 0 saturated heterocycles. The lowest BCUT2D eigenvalue weighted by Crippen LogP contribution is -2.30. The van der Waals surface area contributed by atoms with Crippen LogP contribution in [0.4, 0.5) is 0 Å². The predicted molar refractivity (Wildman–Crippen MR) is 334 cm³/mol. The van der Waals surface area contributed by atoms with Crippen molar-refractivity contribution in [3.05, 3.63) is 109 Å². The van der Waals surface area contributed by atoms with Crippen LogP contribution in [0.3, 0.4) is 0 Å². The summed E-state index contributed by atoms with van der Waals surface area (Å²) in [5.74, 6) is -0.917. The van der Waals surface area contributed by atoms with Crippen molar-refractivity contribution in [2.24, 2.45) is 0 Å². The molecule has 1 atom stereocenters. The lowest BCUT2D eigenvalue weighted by atomic mass is 10.1. The van der Waals surface area contributed by atoms with Gasteiger partial charge >= 0.3 is 17.9 Å². The highest BCUT2D eigenvalue weighted by atomic mass is 16.6.